The van der Waals surface area contributed by atoms with E-state index in [2.05, 4.69) is 24.1 Å². The average molecular weight is 303 g/mol. The molecule has 4 heteroatoms. The molecule has 3 nitrogen and oxygen atoms in total. The summed E-state index contributed by atoms with van der Waals surface area (Å²) >= 11 is 0. The third kappa shape index (κ3) is 5.25. The predicted octanol–water partition coefficient (Wildman–Crippen LogP) is 3.23. The number of hydrogen-bond donors (Lipinski definition) is 1. The maximum absolute atomic E-state index is 12.4. The van der Waals surface area contributed by atoms with E-state index >= 15 is 0 Å². The van der Waals surface area contributed by atoms with Crippen molar-refractivity contribution in [2.24, 2.45) is 11.8 Å². The summed E-state index contributed by atoms with van der Waals surface area (Å²) in [5.74, 6) is 1.89. The van der Waals surface area contributed by atoms with E-state index in [1.165, 1.54) is 32.1 Å². The Kier molecular flexibility index (Phi) is 7.90. The second kappa shape index (κ2) is 8.89. The zero-order valence-electron chi connectivity index (χ0n) is 13.1. The molecular weight excluding hydrogens is 272 g/mol. The molecule has 20 heavy (non-hydrogen) atoms. The number of nitrogens with one attached hydrogen (secondary N) is 1. The number of rotatable bonds is 5. The molecule has 0 aliphatic carbocycles. The second-order valence-electron chi connectivity index (χ2n) is 6.74. The Morgan fingerprint density at radius 1 is 1.25 bits per heavy atom. The highest BCUT2D eigenvalue weighted by molar-refractivity contribution is 5.85. The van der Waals surface area contributed by atoms with Gasteiger partial charge in [0, 0.05) is 19.0 Å². The van der Waals surface area contributed by atoms with Gasteiger partial charge in [0.2, 0.25) is 5.91 Å². The lowest BCUT2D eigenvalue weighted by molar-refractivity contribution is -0.132. The molecule has 118 valence electrons. The van der Waals surface area contributed by atoms with Gasteiger partial charge in [-0.1, -0.05) is 13.8 Å². The number of piperidine rings is 1. The quantitative estimate of drug-likeness (QED) is 0.845. The van der Waals surface area contributed by atoms with Crippen molar-refractivity contribution in [1.82, 2.24) is 10.2 Å². The molecule has 1 amide bonds. The smallest absolute Gasteiger partial charge is 0.222 e. The van der Waals surface area contributed by atoms with Crippen LogP contribution in [0.4, 0.5) is 0 Å². The summed E-state index contributed by atoms with van der Waals surface area (Å²) in [6.45, 7) is 7.80. The standard InChI is InChI=1S/C16H30N2O.ClH/c1-13(2)12-15-4-3-11-18(15)16(19)6-5-14-7-9-17-10-8-14;/h13-15,17H,3-12H2,1-2H3;1H. The van der Waals surface area contributed by atoms with Crippen molar-refractivity contribution in [2.45, 2.75) is 64.8 Å². The Balaban J connectivity index is 0.00000200. The van der Waals surface area contributed by atoms with Gasteiger partial charge in [0.1, 0.15) is 0 Å². The van der Waals surface area contributed by atoms with Crippen LogP contribution in [0.1, 0.15) is 58.8 Å². The van der Waals surface area contributed by atoms with Gasteiger partial charge in [0.25, 0.3) is 0 Å². The van der Waals surface area contributed by atoms with Crippen molar-refractivity contribution in [1.29, 1.82) is 0 Å². The van der Waals surface area contributed by atoms with Crippen molar-refractivity contribution >= 4 is 18.3 Å². The first-order valence-corrected chi connectivity index (χ1v) is 8.17. The SMILES string of the molecule is CC(C)CC1CCCN1C(=O)CCC1CCNCC1.Cl. The van der Waals surface area contributed by atoms with E-state index in [9.17, 15) is 4.79 Å². The first kappa shape index (κ1) is 17.8. The number of carbonyl (C=O) groups is 1. The lowest BCUT2D eigenvalue weighted by Crippen LogP contribution is -2.36. The normalized spacial score (nSPS) is 23.9. The summed E-state index contributed by atoms with van der Waals surface area (Å²) < 4.78 is 0. The molecule has 1 unspecified atom stereocenters. The molecule has 0 bridgehead atoms. The fourth-order valence-electron chi connectivity index (χ4n) is 3.59. The monoisotopic (exact) mass is 302 g/mol. The molecule has 2 rings (SSSR count). The van der Waals surface area contributed by atoms with E-state index in [-0.39, 0.29) is 12.4 Å². The highest BCUT2D eigenvalue weighted by Crippen LogP contribution is 2.25. The van der Waals surface area contributed by atoms with Crippen LogP contribution in [0.15, 0.2) is 0 Å². The van der Waals surface area contributed by atoms with Crippen LogP contribution in [-0.4, -0.2) is 36.5 Å². The predicted molar refractivity (Wildman–Crippen MR) is 86.3 cm³/mol. The number of carbonyl (C=O) groups excluding carboxylic acids is 1. The van der Waals surface area contributed by atoms with Crippen LogP contribution in [-0.2, 0) is 4.79 Å². The zero-order chi connectivity index (χ0) is 13.7. The van der Waals surface area contributed by atoms with E-state index < -0.39 is 0 Å². The molecule has 2 heterocycles. The van der Waals surface area contributed by atoms with Crippen molar-refractivity contribution in [3.8, 4) is 0 Å². The molecule has 0 aromatic carbocycles. The zero-order valence-corrected chi connectivity index (χ0v) is 13.9. The van der Waals surface area contributed by atoms with Crippen molar-refractivity contribution in [3.05, 3.63) is 0 Å². The number of halogens is 1. The van der Waals surface area contributed by atoms with E-state index in [4.69, 9.17) is 0 Å². The molecule has 0 spiro atoms. The molecule has 0 aromatic heterocycles. The van der Waals surface area contributed by atoms with Crippen LogP contribution >= 0.6 is 12.4 Å². The van der Waals surface area contributed by atoms with Crippen molar-refractivity contribution in [2.75, 3.05) is 19.6 Å². The molecule has 1 atom stereocenters. The Morgan fingerprint density at radius 2 is 1.95 bits per heavy atom. The highest BCUT2D eigenvalue weighted by atomic mass is 35.5. The van der Waals surface area contributed by atoms with Gasteiger partial charge in [0.05, 0.1) is 0 Å². The van der Waals surface area contributed by atoms with Gasteiger partial charge < -0.3 is 10.2 Å². The average Bonchev–Trinajstić information content (AvgIpc) is 2.84. The van der Waals surface area contributed by atoms with Crippen LogP contribution in [0, 0.1) is 11.8 Å². The van der Waals surface area contributed by atoms with Crippen LogP contribution in [0.25, 0.3) is 0 Å². The molecule has 2 fully saturated rings. The summed E-state index contributed by atoms with van der Waals surface area (Å²) in [4.78, 5) is 14.6. The Hall–Kier alpha value is -0.280. The summed E-state index contributed by atoms with van der Waals surface area (Å²) in [6, 6.07) is 0.528. The first-order chi connectivity index (χ1) is 9.16. The third-order valence-corrected chi connectivity index (χ3v) is 4.67. The summed E-state index contributed by atoms with van der Waals surface area (Å²) in [7, 11) is 0. The molecule has 2 saturated heterocycles. The van der Waals surface area contributed by atoms with E-state index in [1.54, 1.807) is 0 Å². The molecule has 1 N–H and O–H groups in total. The van der Waals surface area contributed by atoms with Gasteiger partial charge in [-0.3, -0.25) is 4.79 Å². The maximum atomic E-state index is 12.4. The van der Waals surface area contributed by atoms with Crippen LogP contribution in [0.3, 0.4) is 0 Å². The third-order valence-electron chi connectivity index (χ3n) is 4.67. The fourth-order valence-corrected chi connectivity index (χ4v) is 3.59. The molecule has 0 saturated carbocycles. The lowest BCUT2D eigenvalue weighted by Gasteiger charge is -2.28. The minimum Gasteiger partial charge on any atom is -0.340 e. The molecule has 0 radical (unpaired) electrons. The van der Waals surface area contributed by atoms with Gasteiger partial charge in [-0.15, -0.1) is 12.4 Å². The minimum absolute atomic E-state index is 0. The largest absolute Gasteiger partial charge is 0.340 e. The number of amides is 1. The van der Waals surface area contributed by atoms with Crippen molar-refractivity contribution < 1.29 is 4.79 Å². The Labute approximate surface area is 130 Å². The Bertz CT molecular complexity index is 290. The lowest BCUT2D eigenvalue weighted by atomic mass is 9.93. The summed E-state index contributed by atoms with van der Waals surface area (Å²) in [5.41, 5.74) is 0. The molecule has 0 aromatic rings. The number of nitrogens with zero attached hydrogens (tertiary/aromatic N) is 1. The van der Waals surface area contributed by atoms with E-state index in [0.29, 0.717) is 17.9 Å². The fraction of sp³-hybridized carbons (Fsp3) is 0.938. The molecular formula is C16H31ClN2O. The molecule has 2 aliphatic heterocycles. The van der Waals surface area contributed by atoms with Crippen LogP contribution in [0.5, 0.6) is 0 Å². The number of hydrogen-bond acceptors (Lipinski definition) is 2. The van der Waals surface area contributed by atoms with E-state index in [0.717, 1.165) is 38.4 Å². The van der Waals surface area contributed by atoms with Gasteiger partial charge in [-0.2, -0.15) is 0 Å². The van der Waals surface area contributed by atoms with Gasteiger partial charge in [0.15, 0.2) is 0 Å². The Morgan fingerprint density at radius 3 is 2.60 bits per heavy atom. The maximum Gasteiger partial charge on any atom is 0.222 e. The highest BCUT2D eigenvalue weighted by Gasteiger charge is 2.29. The summed E-state index contributed by atoms with van der Waals surface area (Å²) in [5, 5.41) is 3.39. The van der Waals surface area contributed by atoms with Gasteiger partial charge in [-0.05, 0) is 63.5 Å². The second-order valence-corrected chi connectivity index (χ2v) is 6.74. The number of likely N-dealkylation sites (tertiary alicyclic amines) is 1. The van der Waals surface area contributed by atoms with Gasteiger partial charge in [-0.25, -0.2) is 0 Å². The van der Waals surface area contributed by atoms with Gasteiger partial charge >= 0.3 is 0 Å². The van der Waals surface area contributed by atoms with E-state index in [1.807, 2.05) is 0 Å². The van der Waals surface area contributed by atoms with Crippen LogP contribution < -0.4 is 5.32 Å². The summed E-state index contributed by atoms with van der Waals surface area (Å²) in [6.07, 6.45) is 7.99. The topological polar surface area (TPSA) is 32.3 Å². The van der Waals surface area contributed by atoms with Crippen molar-refractivity contribution in [3.63, 3.8) is 0 Å². The molecule has 2 aliphatic rings. The van der Waals surface area contributed by atoms with Crippen LogP contribution in [0.2, 0.25) is 0 Å². The minimum atomic E-state index is 0. The first-order valence-electron chi connectivity index (χ1n) is 8.17.